The maximum Gasteiger partial charge on any atom is 0.0558 e. The van der Waals surface area contributed by atoms with Gasteiger partial charge in [0, 0.05) is 19.5 Å². The van der Waals surface area contributed by atoms with Crippen LogP contribution in [0, 0.1) is 11.8 Å². The normalized spacial score (nSPS) is 9.67. The van der Waals surface area contributed by atoms with E-state index in [9.17, 15) is 0 Å². The Morgan fingerprint density at radius 2 is 2.00 bits per heavy atom. The van der Waals surface area contributed by atoms with Gasteiger partial charge in [0.05, 0.1) is 6.61 Å². The van der Waals surface area contributed by atoms with Gasteiger partial charge in [-0.05, 0) is 19.9 Å². The predicted molar refractivity (Wildman–Crippen MR) is 51.9 cm³/mol. The number of rotatable bonds is 6. The molecule has 0 amide bonds. The Hall–Kier alpha value is -0.520. The zero-order chi connectivity index (χ0) is 9.23. The maximum absolute atomic E-state index is 8.74. The molecule has 2 heteroatoms. The fourth-order valence-corrected chi connectivity index (χ4v) is 1.13. The van der Waals surface area contributed by atoms with E-state index in [0.717, 1.165) is 32.5 Å². The summed E-state index contributed by atoms with van der Waals surface area (Å²) in [5.74, 6) is 5.89. The summed E-state index contributed by atoms with van der Waals surface area (Å²) in [4.78, 5) is 2.24. The molecule has 1 N–H and O–H groups in total. The molecule has 0 saturated carbocycles. The van der Waals surface area contributed by atoms with Crippen LogP contribution in [-0.4, -0.2) is 36.2 Å². The zero-order valence-corrected chi connectivity index (χ0v) is 8.14. The van der Waals surface area contributed by atoms with Crippen molar-refractivity contribution in [1.82, 2.24) is 4.90 Å². The third kappa shape index (κ3) is 6.21. The average molecular weight is 169 g/mol. The van der Waals surface area contributed by atoms with Gasteiger partial charge in [0.25, 0.3) is 0 Å². The molecular weight excluding hydrogens is 150 g/mol. The molecule has 0 aromatic rings. The second-order valence-corrected chi connectivity index (χ2v) is 2.74. The molecule has 0 saturated heterocycles. The average Bonchev–Trinajstić information content (AvgIpc) is 2.06. The first kappa shape index (κ1) is 11.5. The monoisotopic (exact) mass is 169 g/mol. The Balaban J connectivity index is 3.52. The van der Waals surface area contributed by atoms with Gasteiger partial charge in [-0.3, -0.25) is 0 Å². The van der Waals surface area contributed by atoms with Gasteiger partial charge < -0.3 is 10.0 Å². The van der Waals surface area contributed by atoms with Crippen molar-refractivity contribution in [1.29, 1.82) is 0 Å². The first-order valence-corrected chi connectivity index (χ1v) is 4.58. The van der Waals surface area contributed by atoms with Crippen molar-refractivity contribution in [2.75, 3.05) is 26.2 Å². The third-order valence-corrected chi connectivity index (χ3v) is 1.69. The fourth-order valence-electron chi connectivity index (χ4n) is 1.13. The van der Waals surface area contributed by atoms with Crippen LogP contribution in [0.15, 0.2) is 0 Å². The van der Waals surface area contributed by atoms with Crippen molar-refractivity contribution in [2.45, 2.75) is 26.7 Å². The van der Waals surface area contributed by atoms with Gasteiger partial charge in [0.2, 0.25) is 0 Å². The number of hydrogen-bond acceptors (Lipinski definition) is 2. The van der Waals surface area contributed by atoms with Crippen LogP contribution in [0.4, 0.5) is 0 Å². The molecule has 0 heterocycles. The SMILES string of the molecule is CC#CCCN(CCC)CCO. The second kappa shape index (κ2) is 8.58. The number of aliphatic hydroxyl groups excluding tert-OH is 1. The molecule has 0 aromatic heterocycles. The first-order chi connectivity index (χ1) is 5.85. The van der Waals surface area contributed by atoms with E-state index in [1.807, 2.05) is 6.92 Å². The van der Waals surface area contributed by atoms with Gasteiger partial charge in [-0.2, -0.15) is 0 Å². The van der Waals surface area contributed by atoms with Crippen molar-refractivity contribution < 1.29 is 5.11 Å². The molecule has 0 bridgehead atoms. The van der Waals surface area contributed by atoms with Crippen molar-refractivity contribution in [3.05, 3.63) is 0 Å². The smallest absolute Gasteiger partial charge is 0.0558 e. The highest BCUT2D eigenvalue weighted by molar-refractivity contribution is 4.95. The van der Waals surface area contributed by atoms with E-state index in [1.165, 1.54) is 0 Å². The summed E-state index contributed by atoms with van der Waals surface area (Å²) in [6.07, 6.45) is 2.05. The molecule has 0 rings (SSSR count). The van der Waals surface area contributed by atoms with Gasteiger partial charge in [-0.15, -0.1) is 11.8 Å². The molecular formula is C10H19NO. The summed E-state index contributed by atoms with van der Waals surface area (Å²) in [6, 6.07) is 0. The van der Waals surface area contributed by atoms with Gasteiger partial charge in [-0.1, -0.05) is 6.92 Å². The van der Waals surface area contributed by atoms with E-state index in [0.29, 0.717) is 0 Å². The van der Waals surface area contributed by atoms with Crippen LogP contribution < -0.4 is 0 Å². The number of aliphatic hydroxyl groups is 1. The van der Waals surface area contributed by atoms with Crippen molar-refractivity contribution in [2.24, 2.45) is 0 Å². The van der Waals surface area contributed by atoms with E-state index in [2.05, 4.69) is 23.7 Å². The first-order valence-electron chi connectivity index (χ1n) is 4.58. The van der Waals surface area contributed by atoms with Crippen LogP contribution in [0.25, 0.3) is 0 Å². The van der Waals surface area contributed by atoms with Crippen LogP contribution in [0.1, 0.15) is 26.7 Å². The molecule has 2 nitrogen and oxygen atoms in total. The zero-order valence-electron chi connectivity index (χ0n) is 8.14. The lowest BCUT2D eigenvalue weighted by atomic mass is 10.3. The van der Waals surface area contributed by atoms with Crippen LogP contribution in [0.2, 0.25) is 0 Å². The van der Waals surface area contributed by atoms with E-state index in [4.69, 9.17) is 5.11 Å². The highest BCUT2D eigenvalue weighted by Crippen LogP contribution is 1.92. The van der Waals surface area contributed by atoms with E-state index < -0.39 is 0 Å². The van der Waals surface area contributed by atoms with Crippen LogP contribution in [0.5, 0.6) is 0 Å². The van der Waals surface area contributed by atoms with Gasteiger partial charge >= 0.3 is 0 Å². The number of hydrogen-bond donors (Lipinski definition) is 1. The van der Waals surface area contributed by atoms with Crippen LogP contribution >= 0.6 is 0 Å². The Labute approximate surface area is 75.6 Å². The molecule has 0 aliphatic carbocycles. The maximum atomic E-state index is 8.74. The summed E-state index contributed by atoms with van der Waals surface area (Å²) < 4.78 is 0. The minimum atomic E-state index is 0.250. The second-order valence-electron chi connectivity index (χ2n) is 2.74. The lowest BCUT2D eigenvalue weighted by Gasteiger charge is -2.18. The molecule has 0 atom stereocenters. The topological polar surface area (TPSA) is 23.5 Å². The highest BCUT2D eigenvalue weighted by atomic mass is 16.3. The third-order valence-electron chi connectivity index (χ3n) is 1.69. The van der Waals surface area contributed by atoms with Gasteiger partial charge in [0.15, 0.2) is 0 Å². The largest absolute Gasteiger partial charge is 0.395 e. The molecule has 0 aliphatic heterocycles. The van der Waals surface area contributed by atoms with E-state index in [1.54, 1.807) is 0 Å². The molecule has 70 valence electrons. The van der Waals surface area contributed by atoms with Crippen LogP contribution in [-0.2, 0) is 0 Å². The van der Waals surface area contributed by atoms with E-state index >= 15 is 0 Å². The summed E-state index contributed by atoms with van der Waals surface area (Å²) in [5.41, 5.74) is 0. The molecule has 0 fully saturated rings. The fraction of sp³-hybridized carbons (Fsp3) is 0.800. The van der Waals surface area contributed by atoms with Gasteiger partial charge in [-0.25, -0.2) is 0 Å². The minimum Gasteiger partial charge on any atom is -0.395 e. The standard InChI is InChI=1S/C10H19NO/c1-3-5-6-8-11(7-4-2)9-10-12/h12H,4,6-10H2,1-2H3. The lowest BCUT2D eigenvalue weighted by molar-refractivity contribution is 0.198. The lowest BCUT2D eigenvalue weighted by Crippen LogP contribution is -2.28. The molecule has 12 heavy (non-hydrogen) atoms. The highest BCUT2D eigenvalue weighted by Gasteiger charge is 1.99. The quantitative estimate of drug-likeness (QED) is 0.602. The Kier molecular flexibility index (Phi) is 8.20. The van der Waals surface area contributed by atoms with Gasteiger partial charge in [0.1, 0.15) is 0 Å². The summed E-state index contributed by atoms with van der Waals surface area (Å²) in [6.45, 7) is 7.08. The Morgan fingerprint density at radius 1 is 1.25 bits per heavy atom. The predicted octanol–water partition coefficient (Wildman–Crippen LogP) is 1.10. The Bertz CT molecular complexity index is 140. The van der Waals surface area contributed by atoms with Crippen molar-refractivity contribution >= 4 is 0 Å². The molecule has 0 spiro atoms. The minimum absolute atomic E-state index is 0.250. The van der Waals surface area contributed by atoms with Crippen molar-refractivity contribution in [3.8, 4) is 11.8 Å². The van der Waals surface area contributed by atoms with Crippen molar-refractivity contribution in [3.63, 3.8) is 0 Å². The molecule has 0 radical (unpaired) electrons. The summed E-state index contributed by atoms with van der Waals surface area (Å²) in [5, 5.41) is 8.74. The Morgan fingerprint density at radius 3 is 2.50 bits per heavy atom. The molecule has 0 unspecified atom stereocenters. The molecule has 0 aromatic carbocycles. The molecule has 0 aliphatic rings. The van der Waals surface area contributed by atoms with E-state index in [-0.39, 0.29) is 6.61 Å². The van der Waals surface area contributed by atoms with Crippen LogP contribution in [0.3, 0.4) is 0 Å². The summed E-state index contributed by atoms with van der Waals surface area (Å²) >= 11 is 0. The number of nitrogens with zero attached hydrogens (tertiary/aromatic N) is 1. The summed E-state index contributed by atoms with van der Waals surface area (Å²) in [7, 11) is 0.